The lowest BCUT2D eigenvalue weighted by Crippen LogP contribution is -2.46. The van der Waals surface area contributed by atoms with E-state index in [1.165, 1.54) is 17.3 Å². The number of aromatic amines is 1. The number of pyridine rings is 1. The standard InChI is InChI=1S/C26H27N7OS/c1-3-20-21(15-27)26(35-23(24(28)34)19-7-5-4-6-8-19)31-25(22(20)29-2)33-13-11-32(12-14-33)17-18-9-10-30-16-18/h4-10,16,23,30H,3,11-14,17H2,1H3,(H2,28,34). The average Bonchev–Trinajstić information content (AvgIpc) is 3.40. The number of rotatable bonds is 8. The molecule has 1 atom stereocenters. The number of amides is 1. The van der Waals surface area contributed by atoms with E-state index in [9.17, 15) is 10.1 Å². The normalized spacial score (nSPS) is 14.8. The molecule has 1 aliphatic rings. The summed E-state index contributed by atoms with van der Waals surface area (Å²) < 4.78 is 0. The van der Waals surface area contributed by atoms with Crippen LogP contribution in [0.4, 0.5) is 11.5 Å². The second-order valence-corrected chi connectivity index (χ2v) is 9.41. The number of hydrogen-bond donors (Lipinski definition) is 2. The molecular weight excluding hydrogens is 458 g/mol. The van der Waals surface area contributed by atoms with Gasteiger partial charge in [0.05, 0.1) is 12.1 Å². The summed E-state index contributed by atoms with van der Waals surface area (Å²) in [6.45, 7) is 13.8. The van der Waals surface area contributed by atoms with Crippen LogP contribution in [0, 0.1) is 17.9 Å². The number of primary amides is 1. The van der Waals surface area contributed by atoms with E-state index in [2.05, 4.69) is 31.8 Å². The van der Waals surface area contributed by atoms with Gasteiger partial charge in [-0.1, -0.05) is 49.0 Å². The van der Waals surface area contributed by atoms with Gasteiger partial charge in [-0.3, -0.25) is 9.69 Å². The van der Waals surface area contributed by atoms with Crippen LogP contribution in [0.25, 0.3) is 4.85 Å². The summed E-state index contributed by atoms with van der Waals surface area (Å²) in [5.74, 6) is 0.0787. The van der Waals surface area contributed by atoms with Gasteiger partial charge in [0.25, 0.3) is 0 Å². The summed E-state index contributed by atoms with van der Waals surface area (Å²) in [6, 6.07) is 13.6. The van der Waals surface area contributed by atoms with Crippen molar-refractivity contribution in [3.05, 3.63) is 82.5 Å². The Labute approximate surface area is 209 Å². The lowest BCUT2D eigenvalue weighted by molar-refractivity contribution is -0.117. The Hall–Kier alpha value is -3.79. The van der Waals surface area contributed by atoms with Gasteiger partial charge in [-0.05, 0) is 29.2 Å². The van der Waals surface area contributed by atoms with Gasteiger partial charge in [0, 0.05) is 45.1 Å². The van der Waals surface area contributed by atoms with Crippen LogP contribution in [0.15, 0.2) is 53.8 Å². The number of nitriles is 1. The Morgan fingerprint density at radius 1 is 1.29 bits per heavy atom. The number of nitrogens with two attached hydrogens (primary N) is 1. The predicted molar refractivity (Wildman–Crippen MR) is 137 cm³/mol. The molecule has 0 saturated carbocycles. The summed E-state index contributed by atoms with van der Waals surface area (Å²) in [5.41, 5.74) is 9.17. The number of nitrogens with one attached hydrogen (secondary N) is 1. The topological polar surface area (TPSA) is 106 Å². The van der Waals surface area contributed by atoms with Gasteiger partial charge in [0.1, 0.15) is 22.2 Å². The van der Waals surface area contributed by atoms with Crippen LogP contribution in [0.1, 0.15) is 34.4 Å². The molecule has 0 spiro atoms. The molecule has 4 rings (SSSR count). The van der Waals surface area contributed by atoms with Crippen molar-refractivity contribution >= 4 is 29.2 Å². The Morgan fingerprint density at radius 3 is 2.60 bits per heavy atom. The van der Waals surface area contributed by atoms with Gasteiger partial charge in [-0.25, -0.2) is 9.83 Å². The van der Waals surface area contributed by atoms with E-state index in [1.807, 2.05) is 49.6 Å². The lowest BCUT2D eigenvalue weighted by atomic mass is 10.1. The minimum absolute atomic E-state index is 0.348. The highest BCUT2D eigenvalue weighted by Gasteiger charge is 2.28. The van der Waals surface area contributed by atoms with Crippen molar-refractivity contribution in [1.29, 1.82) is 5.26 Å². The number of carbonyl (C=O) groups is 1. The SMILES string of the molecule is [C-]#[N+]c1c(N2CCN(Cc3cc[nH]c3)CC2)nc(SC(C(N)=O)c2ccccc2)c(C#N)c1CC. The van der Waals surface area contributed by atoms with Crippen LogP contribution in [-0.4, -0.2) is 47.0 Å². The van der Waals surface area contributed by atoms with Crippen LogP contribution in [-0.2, 0) is 17.8 Å². The van der Waals surface area contributed by atoms with Crippen molar-refractivity contribution in [2.45, 2.75) is 30.2 Å². The van der Waals surface area contributed by atoms with E-state index >= 15 is 0 Å². The molecule has 2 aromatic heterocycles. The molecule has 1 fully saturated rings. The highest BCUT2D eigenvalue weighted by Crippen LogP contribution is 2.42. The number of carbonyl (C=O) groups excluding carboxylic acids is 1. The highest BCUT2D eigenvalue weighted by molar-refractivity contribution is 8.00. The molecule has 0 aliphatic carbocycles. The van der Waals surface area contributed by atoms with Gasteiger partial charge < -0.3 is 15.6 Å². The van der Waals surface area contributed by atoms with Crippen molar-refractivity contribution in [1.82, 2.24) is 14.9 Å². The smallest absolute Gasteiger partial charge is 0.235 e. The number of anilines is 1. The number of piperazine rings is 1. The second-order valence-electron chi connectivity index (χ2n) is 8.31. The lowest BCUT2D eigenvalue weighted by Gasteiger charge is -2.36. The zero-order valence-electron chi connectivity index (χ0n) is 19.6. The first kappa shape index (κ1) is 24.3. The van der Waals surface area contributed by atoms with Crippen LogP contribution < -0.4 is 10.6 Å². The van der Waals surface area contributed by atoms with Gasteiger partial charge in [0.15, 0.2) is 0 Å². The molecule has 3 N–H and O–H groups in total. The fourth-order valence-corrected chi connectivity index (χ4v) is 5.39. The molecule has 0 bridgehead atoms. The van der Waals surface area contributed by atoms with E-state index in [1.54, 1.807) is 0 Å². The molecule has 9 heteroatoms. The first-order chi connectivity index (χ1) is 17.0. The van der Waals surface area contributed by atoms with E-state index < -0.39 is 11.2 Å². The minimum Gasteiger partial charge on any atom is -0.368 e. The monoisotopic (exact) mass is 485 g/mol. The number of aromatic nitrogens is 2. The molecule has 1 saturated heterocycles. The van der Waals surface area contributed by atoms with E-state index in [0.717, 1.165) is 38.3 Å². The minimum atomic E-state index is -0.689. The fourth-order valence-electron chi connectivity index (χ4n) is 4.33. The maximum Gasteiger partial charge on any atom is 0.235 e. The first-order valence-corrected chi connectivity index (χ1v) is 12.4. The van der Waals surface area contributed by atoms with Crippen molar-refractivity contribution in [3.8, 4) is 6.07 Å². The zero-order chi connectivity index (χ0) is 24.8. The van der Waals surface area contributed by atoms with Crippen molar-refractivity contribution in [2.75, 3.05) is 31.1 Å². The molecule has 0 radical (unpaired) electrons. The van der Waals surface area contributed by atoms with Crippen molar-refractivity contribution in [3.63, 3.8) is 0 Å². The quantitative estimate of drug-likeness (QED) is 0.368. The Balaban J connectivity index is 1.66. The van der Waals surface area contributed by atoms with Crippen LogP contribution >= 0.6 is 11.8 Å². The number of benzene rings is 1. The molecule has 1 aromatic carbocycles. The summed E-state index contributed by atoms with van der Waals surface area (Å²) in [7, 11) is 0. The second kappa shape index (κ2) is 11.1. The third-order valence-corrected chi connectivity index (χ3v) is 7.39. The Kier molecular flexibility index (Phi) is 7.71. The van der Waals surface area contributed by atoms with Gasteiger partial charge in [-0.2, -0.15) is 5.26 Å². The third kappa shape index (κ3) is 5.32. The molecule has 8 nitrogen and oxygen atoms in total. The summed E-state index contributed by atoms with van der Waals surface area (Å²) in [5, 5.41) is 9.74. The molecule has 1 aliphatic heterocycles. The maximum absolute atomic E-state index is 12.4. The molecule has 178 valence electrons. The zero-order valence-corrected chi connectivity index (χ0v) is 20.4. The van der Waals surface area contributed by atoms with Gasteiger partial charge in [-0.15, -0.1) is 0 Å². The number of nitrogens with zero attached hydrogens (tertiary/aromatic N) is 5. The molecule has 1 unspecified atom stereocenters. The molecule has 3 heterocycles. The van der Waals surface area contributed by atoms with Crippen LogP contribution in [0.5, 0.6) is 0 Å². The van der Waals surface area contributed by atoms with Crippen LogP contribution in [0.3, 0.4) is 0 Å². The first-order valence-electron chi connectivity index (χ1n) is 11.5. The van der Waals surface area contributed by atoms with Crippen LogP contribution in [0.2, 0.25) is 0 Å². The van der Waals surface area contributed by atoms with E-state index in [4.69, 9.17) is 17.3 Å². The maximum atomic E-state index is 12.4. The third-order valence-electron chi connectivity index (χ3n) is 6.13. The largest absolute Gasteiger partial charge is 0.368 e. The van der Waals surface area contributed by atoms with Crippen molar-refractivity contribution < 1.29 is 4.79 Å². The van der Waals surface area contributed by atoms with E-state index in [-0.39, 0.29) is 0 Å². The molecule has 35 heavy (non-hydrogen) atoms. The van der Waals surface area contributed by atoms with Gasteiger partial charge in [0.2, 0.25) is 11.6 Å². The Bertz CT molecular complexity index is 1250. The number of thioether (sulfide) groups is 1. The van der Waals surface area contributed by atoms with E-state index in [0.29, 0.717) is 34.1 Å². The fraction of sp³-hybridized carbons (Fsp3) is 0.308. The summed E-state index contributed by atoms with van der Waals surface area (Å²) in [4.78, 5) is 28.6. The molecule has 3 aromatic rings. The Morgan fingerprint density at radius 2 is 2.03 bits per heavy atom. The summed E-state index contributed by atoms with van der Waals surface area (Å²) >= 11 is 1.18. The highest BCUT2D eigenvalue weighted by atomic mass is 32.2. The van der Waals surface area contributed by atoms with Gasteiger partial charge >= 0.3 is 0 Å². The molecular formula is C26H27N7OS. The predicted octanol–water partition coefficient (Wildman–Crippen LogP) is 4.04. The summed E-state index contributed by atoms with van der Waals surface area (Å²) in [6.07, 6.45) is 4.45. The number of hydrogen-bond acceptors (Lipinski definition) is 6. The molecule has 1 amide bonds. The number of H-pyrrole nitrogens is 1. The average molecular weight is 486 g/mol. The van der Waals surface area contributed by atoms with Crippen molar-refractivity contribution in [2.24, 2.45) is 5.73 Å².